The van der Waals surface area contributed by atoms with Crippen molar-refractivity contribution in [1.29, 1.82) is 0 Å². The second kappa shape index (κ2) is 10.7. The molecule has 4 aromatic rings. The number of fused-ring (bicyclic) bond motifs is 1. The Kier molecular flexibility index (Phi) is 7.47. The highest BCUT2D eigenvalue weighted by molar-refractivity contribution is 6.35. The summed E-state index contributed by atoms with van der Waals surface area (Å²) < 4.78 is 5.89. The van der Waals surface area contributed by atoms with E-state index >= 15 is 0 Å². The van der Waals surface area contributed by atoms with E-state index in [1.54, 1.807) is 12.1 Å². The molecule has 178 valence electrons. The van der Waals surface area contributed by atoms with E-state index in [2.05, 4.69) is 29.6 Å². The second-order valence-electron chi connectivity index (χ2n) is 8.54. The molecule has 1 amide bonds. The zero-order chi connectivity index (χ0) is 24.9. The number of benzene rings is 3. The summed E-state index contributed by atoms with van der Waals surface area (Å²) in [6.45, 7) is 7.89. The van der Waals surface area contributed by atoms with E-state index in [0.717, 1.165) is 23.3 Å². The fraction of sp³-hybridized carbons (Fsp3) is 0.207. The number of carbonyl (C=O) groups excluding carboxylic acids is 1. The first-order valence-electron chi connectivity index (χ1n) is 11.7. The highest BCUT2D eigenvalue weighted by atomic mass is 35.5. The maximum absolute atomic E-state index is 13.3. The van der Waals surface area contributed by atoms with Gasteiger partial charge in [0.05, 0.1) is 33.6 Å². The van der Waals surface area contributed by atoms with Crippen molar-refractivity contribution in [2.24, 2.45) is 5.10 Å². The number of ether oxygens (including phenoxy) is 1. The highest BCUT2D eigenvalue weighted by Gasteiger charge is 2.16. The third-order valence-corrected chi connectivity index (χ3v) is 5.96. The van der Waals surface area contributed by atoms with Crippen molar-refractivity contribution in [3.05, 3.63) is 94.5 Å². The topological polar surface area (TPSA) is 63.6 Å². The van der Waals surface area contributed by atoms with Crippen molar-refractivity contribution in [3.8, 4) is 17.0 Å². The van der Waals surface area contributed by atoms with Crippen LogP contribution in [0, 0.1) is 0 Å². The van der Waals surface area contributed by atoms with Gasteiger partial charge in [-0.15, -0.1) is 0 Å². The number of nitrogens with one attached hydrogen (secondary N) is 1. The van der Waals surface area contributed by atoms with Crippen molar-refractivity contribution in [1.82, 2.24) is 10.4 Å². The quantitative estimate of drug-likeness (QED) is 0.225. The number of hydrazone groups is 1. The molecule has 3 aromatic carbocycles. The average Bonchev–Trinajstić information content (AvgIpc) is 2.87. The molecular formula is C29H28ClN3O2. The maximum atomic E-state index is 13.3. The normalized spacial score (nSPS) is 11.7. The molecule has 0 saturated heterocycles. The Labute approximate surface area is 210 Å². The van der Waals surface area contributed by atoms with E-state index in [-0.39, 0.29) is 12.0 Å². The van der Waals surface area contributed by atoms with Crippen LogP contribution in [-0.2, 0) is 6.42 Å². The molecule has 0 aliphatic rings. The predicted octanol–water partition coefficient (Wildman–Crippen LogP) is 7.06. The molecule has 6 heteroatoms. The minimum Gasteiger partial charge on any atom is -0.490 e. The van der Waals surface area contributed by atoms with Crippen molar-refractivity contribution in [3.63, 3.8) is 0 Å². The van der Waals surface area contributed by atoms with Gasteiger partial charge in [-0.25, -0.2) is 10.4 Å². The fourth-order valence-electron chi connectivity index (χ4n) is 3.84. The predicted molar refractivity (Wildman–Crippen MR) is 143 cm³/mol. The van der Waals surface area contributed by atoms with Crippen molar-refractivity contribution < 1.29 is 9.53 Å². The van der Waals surface area contributed by atoms with Crippen LogP contribution < -0.4 is 10.2 Å². The summed E-state index contributed by atoms with van der Waals surface area (Å²) >= 11 is 6.47. The Morgan fingerprint density at radius 2 is 1.77 bits per heavy atom. The maximum Gasteiger partial charge on any atom is 0.272 e. The number of rotatable bonds is 7. The molecule has 0 radical (unpaired) electrons. The number of aryl methyl sites for hydroxylation is 1. The molecule has 0 spiro atoms. The van der Waals surface area contributed by atoms with Crippen LogP contribution in [0.25, 0.3) is 22.2 Å². The van der Waals surface area contributed by atoms with Crippen LogP contribution in [0.5, 0.6) is 5.75 Å². The SMILES string of the molecule is CCc1ccc(-c2cc(C(=O)NN=C(C)c3ccccc3OC(C)C)c3cccc(Cl)c3n2)cc1. The molecule has 0 bridgehead atoms. The van der Waals surface area contributed by atoms with Crippen LogP contribution in [0.2, 0.25) is 5.02 Å². The van der Waals surface area contributed by atoms with E-state index in [0.29, 0.717) is 32.9 Å². The average molecular weight is 486 g/mol. The minimum absolute atomic E-state index is 0.0243. The molecule has 4 rings (SSSR count). The lowest BCUT2D eigenvalue weighted by atomic mass is 10.0. The van der Waals surface area contributed by atoms with Crippen LogP contribution in [0.3, 0.4) is 0 Å². The first-order chi connectivity index (χ1) is 16.9. The molecule has 0 fully saturated rings. The summed E-state index contributed by atoms with van der Waals surface area (Å²) in [6.07, 6.45) is 0.976. The molecule has 1 heterocycles. The largest absolute Gasteiger partial charge is 0.490 e. The first-order valence-corrected chi connectivity index (χ1v) is 12.0. The zero-order valence-corrected chi connectivity index (χ0v) is 21.1. The molecule has 0 saturated carbocycles. The molecule has 5 nitrogen and oxygen atoms in total. The Morgan fingerprint density at radius 3 is 2.49 bits per heavy atom. The first kappa shape index (κ1) is 24.4. The Hall–Kier alpha value is -3.70. The van der Waals surface area contributed by atoms with Crippen LogP contribution in [0.1, 0.15) is 49.2 Å². The Bertz CT molecular complexity index is 1400. The third kappa shape index (κ3) is 5.52. The fourth-order valence-corrected chi connectivity index (χ4v) is 4.05. The number of amides is 1. The number of hydrogen-bond donors (Lipinski definition) is 1. The number of aromatic nitrogens is 1. The monoisotopic (exact) mass is 485 g/mol. The third-order valence-electron chi connectivity index (χ3n) is 5.66. The summed E-state index contributed by atoms with van der Waals surface area (Å²) in [4.78, 5) is 18.1. The van der Waals surface area contributed by atoms with Crippen LogP contribution in [0.15, 0.2) is 77.9 Å². The zero-order valence-electron chi connectivity index (χ0n) is 20.3. The van der Waals surface area contributed by atoms with Gasteiger partial charge in [-0.3, -0.25) is 4.79 Å². The molecule has 0 aliphatic heterocycles. The van der Waals surface area contributed by atoms with Crippen molar-refractivity contribution >= 4 is 34.1 Å². The van der Waals surface area contributed by atoms with E-state index in [1.165, 1.54) is 5.56 Å². The van der Waals surface area contributed by atoms with E-state index in [1.807, 2.05) is 69.3 Å². The summed E-state index contributed by atoms with van der Waals surface area (Å²) in [5, 5.41) is 5.53. The second-order valence-corrected chi connectivity index (χ2v) is 8.95. The van der Waals surface area contributed by atoms with Gasteiger partial charge in [0.15, 0.2) is 0 Å². The van der Waals surface area contributed by atoms with Gasteiger partial charge < -0.3 is 4.74 Å². The number of para-hydroxylation sites is 2. The Balaban J connectivity index is 1.71. The lowest BCUT2D eigenvalue weighted by Gasteiger charge is -2.14. The van der Waals surface area contributed by atoms with Crippen molar-refractivity contribution in [2.75, 3.05) is 0 Å². The van der Waals surface area contributed by atoms with Gasteiger partial charge in [0.25, 0.3) is 5.91 Å². The van der Waals surface area contributed by atoms with E-state index in [4.69, 9.17) is 21.3 Å². The molecular weight excluding hydrogens is 458 g/mol. The standard InChI is InChI=1S/C29H28ClN3O2/c1-5-20-13-15-21(16-14-20)26-17-24(23-10-8-11-25(30)28(23)31-26)29(34)33-32-19(4)22-9-6-7-12-27(22)35-18(2)3/h6-18H,5H2,1-4H3,(H,33,34). The minimum atomic E-state index is -0.340. The molecule has 1 aromatic heterocycles. The van der Waals surface area contributed by atoms with Gasteiger partial charge >= 0.3 is 0 Å². The summed E-state index contributed by atoms with van der Waals surface area (Å²) in [5.41, 5.74) is 8.02. The summed E-state index contributed by atoms with van der Waals surface area (Å²) in [5.74, 6) is 0.379. The number of halogens is 1. The van der Waals surface area contributed by atoms with Gasteiger partial charge in [0, 0.05) is 16.5 Å². The van der Waals surface area contributed by atoms with Crippen LogP contribution in [-0.4, -0.2) is 22.7 Å². The van der Waals surface area contributed by atoms with E-state index in [9.17, 15) is 4.79 Å². The van der Waals surface area contributed by atoms with Gasteiger partial charge in [-0.1, -0.05) is 67.1 Å². The van der Waals surface area contributed by atoms with Gasteiger partial charge in [-0.05, 0) is 57.0 Å². The molecule has 0 aliphatic carbocycles. The molecule has 1 N–H and O–H groups in total. The van der Waals surface area contributed by atoms with Crippen molar-refractivity contribution in [2.45, 2.75) is 40.2 Å². The molecule has 0 atom stereocenters. The number of nitrogens with zero attached hydrogens (tertiary/aromatic N) is 2. The van der Waals surface area contributed by atoms with Gasteiger partial charge in [-0.2, -0.15) is 5.10 Å². The summed E-state index contributed by atoms with van der Waals surface area (Å²) in [6, 6.07) is 23.0. The van der Waals surface area contributed by atoms with Crippen LogP contribution in [0.4, 0.5) is 0 Å². The number of carbonyl (C=O) groups is 1. The highest BCUT2D eigenvalue weighted by Crippen LogP contribution is 2.29. The lowest BCUT2D eigenvalue weighted by molar-refractivity contribution is 0.0956. The summed E-state index contributed by atoms with van der Waals surface area (Å²) in [7, 11) is 0. The Morgan fingerprint density at radius 1 is 1.03 bits per heavy atom. The smallest absolute Gasteiger partial charge is 0.272 e. The van der Waals surface area contributed by atoms with Gasteiger partial charge in [0.1, 0.15) is 5.75 Å². The van der Waals surface area contributed by atoms with Crippen LogP contribution >= 0.6 is 11.6 Å². The lowest BCUT2D eigenvalue weighted by Crippen LogP contribution is -2.20. The molecule has 35 heavy (non-hydrogen) atoms. The molecule has 0 unspecified atom stereocenters. The number of pyridine rings is 1. The van der Waals surface area contributed by atoms with E-state index < -0.39 is 0 Å². The van der Waals surface area contributed by atoms with Gasteiger partial charge in [0.2, 0.25) is 0 Å². The number of hydrogen-bond acceptors (Lipinski definition) is 4.